The van der Waals surface area contributed by atoms with E-state index < -0.39 is 0 Å². The Labute approximate surface area is 172 Å². The number of amides is 1. The number of ether oxygens (including phenoxy) is 3. The van der Waals surface area contributed by atoms with Gasteiger partial charge in [-0.3, -0.25) is 9.78 Å². The van der Waals surface area contributed by atoms with Crippen LogP contribution in [0.3, 0.4) is 0 Å². The molecule has 1 amide bonds. The molecule has 0 unspecified atom stereocenters. The van der Waals surface area contributed by atoms with Crippen molar-refractivity contribution in [3.63, 3.8) is 0 Å². The Kier molecular flexibility index (Phi) is 7.23. The van der Waals surface area contributed by atoms with Gasteiger partial charge in [0.05, 0.1) is 31.8 Å². The molecular formula is C20H20N4O4S. The van der Waals surface area contributed by atoms with Gasteiger partial charge in [0.15, 0.2) is 23.3 Å². The fourth-order valence-corrected chi connectivity index (χ4v) is 3.09. The fourth-order valence-electron chi connectivity index (χ4n) is 2.39. The Bertz CT molecular complexity index is 956. The number of nitrogens with zero attached hydrogens (tertiary/aromatic N) is 3. The number of benzene rings is 1. The summed E-state index contributed by atoms with van der Waals surface area (Å²) in [6.45, 7) is -0.188. The lowest BCUT2D eigenvalue weighted by Crippen LogP contribution is -2.20. The van der Waals surface area contributed by atoms with E-state index in [0.717, 1.165) is 5.69 Å². The highest BCUT2D eigenvalue weighted by Gasteiger charge is 2.12. The number of carbonyl (C=O) groups is 1. The summed E-state index contributed by atoms with van der Waals surface area (Å²) in [4.78, 5) is 25.0. The number of methoxy groups -OCH3 is 2. The molecule has 3 aromatic rings. The molecule has 150 valence electrons. The maximum atomic E-state index is 12.3. The van der Waals surface area contributed by atoms with Crippen LogP contribution in [0.15, 0.2) is 60.1 Å². The average Bonchev–Trinajstić information content (AvgIpc) is 2.77. The largest absolute Gasteiger partial charge is 0.495 e. The van der Waals surface area contributed by atoms with E-state index in [0.29, 0.717) is 33.8 Å². The van der Waals surface area contributed by atoms with Crippen molar-refractivity contribution in [1.82, 2.24) is 15.0 Å². The Morgan fingerprint density at radius 2 is 1.76 bits per heavy atom. The van der Waals surface area contributed by atoms with E-state index in [2.05, 4.69) is 20.3 Å². The number of aromatic nitrogens is 3. The number of carbonyl (C=O) groups excluding carboxylic acids is 1. The van der Waals surface area contributed by atoms with Crippen LogP contribution in [0.4, 0.5) is 5.69 Å². The van der Waals surface area contributed by atoms with Crippen molar-refractivity contribution in [2.45, 2.75) is 10.9 Å². The van der Waals surface area contributed by atoms with Crippen molar-refractivity contribution in [1.29, 1.82) is 0 Å². The van der Waals surface area contributed by atoms with Gasteiger partial charge in [-0.05, 0) is 18.2 Å². The first-order chi connectivity index (χ1) is 14.2. The molecule has 9 heteroatoms. The third-order valence-corrected chi connectivity index (χ3v) is 4.65. The molecule has 29 heavy (non-hydrogen) atoms. The molecule has 1 aromatic carbocycles. The van der Waals surface area contributed by atoms with Crippen LogP contribution in [0.5, 0.6) is 17.2 Å². The lowest BCUT2D eigenvalue weighted by atomic mass is 10.3. The van der Waals surface area contributed by atoms with Crippen molar-refractivity contribution >= 4 is 23.4 Å². The minimum atomic E-state index is -0.318. The van der Waals surface area contributed by atoms with Crippen LogP contribution in [0, 0.1) is 0 Å². The van der Waals surface area contributed by atoms with Crippen molar-refractivity contribution < 1.29 is 19.0 Å². The number of hydrogen-bond acceptors (Lipinski definition) is 8. The topological polar surface area (TPSA) is 95.5 Å². The van der Waals surface area contributed by atoms with E-state index >= 15 is 0 Å². The van der Waals surface area contributed by atoms with Crippen molar-refractivity contribution in [2.75, 3.05) is 26.1 Å². The summed E-state index contributed by atoms with van der Waals surface area (Å²) in [5.41, 5.74) is 1.33. The summed E-state index contributed by atoms with van der Waals surface area (Å²) in [7, 11) is 3.06. The van der Waals surface area contributed by atoms with Crippen LogP contribution in [0.25, 0.3) is 0 Å². The Hall–Kier alpha value is -3.33. The first kappa shape index (κ1) is 20.4. The molecule has 0 fully saturated rings. The summed E-state index contributed by atoms with van der Waals surface area (Å²) < 4.78 is 16.2. The molecule has 3 rings (SSSR count). The molecule has 0 atom stereocenters. The van der Waals surface area contributed by atoms with E-state index in [1.807, 2.05) is 12.1 Å². The molecule has 0 bridgehead atoms. The zero-order valence-electron chi connectivity index (χ0n) is 16.0. The standard InChI is InChI=1S/C20H20N4O4S/c1-26-16-7-4-3-6-15(16)24-19(25)12-28-17-10-14(23-11-18(17)27-2)13-29-20-21-8-5-9-22-20/h3-11H,12-13H2,1-2H3,(H,24,25). The lowest BCUT2D eigenvalue weighted by Gasteiger charge is -2.13. The summed E-state index contributed by atoms with van der Waals surface area (Å²) in [6, 6.07) is 10.7. The number of rotatable bonds is 9. The number of anilines is 1. The fraction of sp³-hybridized carbons (Fsp3) is 0.200. The first-order valence-corrected chi connectivity index (χ1v) is 9.66. The first-order valence-electron chi connectivity index (χ1n) is 8.68. The summed E-state index contributed by atoms with van der Waals surface area (Å²) in [5.74, 6) is 1.69. The highest BCUT2D eigenvalue weighted by Crippen LogP contribution is 2.29. The molecule has 2 heterocycles. The summed E-state index contributed by atoms with van der Waals surface area (Å²) >= 11 is 1.45. The predicted molar refractivity (Wildman–Crippen MR) is 110 cm³/mol. The Morgan fingerprint density at radius 3 is 2.52 bits per heavy atom. The maximum absolute atomic E-state index is 12.3. The number of thioether (sulfide) groups is 1. The Morgan fingerprint density at radius 1 is 1.00 bits per heavy atom. The lowest BCUT2D eigenvalue weighted by molar-refractivity contribution is -0.118. The van der Waals surface area contributed by atoms with E-state index in [-0.39, 0.29) is 12.5 Å². The summed E-state index contributed by atoms with van der Waals surface area (Å²) in [5, 5.41) is 3.42. The van der Waals surface area contributed by atoms with E-state index in [1.165, 1.54) is 18.9 Å². The van der Waals surface area contributed by atoms with Crippen LogP contribution in [-0.4, -0.2) is 41.7 Å². The van der Waals surface area contributed by atoms with Crippen LogP contribution in [-0.2, 0) is 10.5 Å². The normalized spacial score (nSPS) is 10.3. The molecule has 1 N–H and O–H groups in total. The Balaban J connectivity index is 1.62. The second kappa shape index (κ2) is 10.3. The van der Waals surface area contributed by atoms with Gasteiger partial charge < -0.3 is 19.5 Å². The number of para-hydroxylation sites is 2. The molecule has 8 nitrogen and oxygen atoms in total. The van der Waals surface area contributed by atoms with Crippen LogP contribution in [0.2, 0.25) is 0 Å². The molecule has 0 saturated heterocycles. The number of pyridine rings is 1. The van der Waals surface area contributed by atoms with Gasteiger partial charge in [0, 0.05) is 24.2 Å². The van der Waals surface area contributed by atoms with Gasteiger partial charge in [-0.2, -0.15) is 0 Å². The minimum Gasteiger partial charge on any atom is -0.495 e. The van der Waals surface area contributed by atoms with Crippen molar-refractivity contribution in [3.05, 3.63) is 60.7 Å². The van der Waals surface area contributed by atoms with Gasteiger partial charge >= 0.3 is 0 Å². The van der Waals surface area contributed by atoms with E-state index in [9.17, 15) is 4.79 Å². The zero-order valence-corrected chi connectivity index (χ0v) is 16.8. The second-order valence-electron chi connectivity index (χ2n) is 5.68. The molecule has 0 saturated carbocycles. The highest BCUT2D eigenvalue weighted by molar-refractivity contribution is 7.98. The van der Waals surface area contributed by atoms with E-state index in [1.54, 1.807) is 50.0 Å². The number of nitrogens with one attached hydrogen (secondary N) is 1. The van der Waals surface area contributed by atoms with Crippen molar-refractivity contribution in [2.24, 2.45) is 0 Å². The van der Waals surface area contributed by atoms with Gasteiger partial charge in [0.25, 0.3) is 5.91 Å². The molecule has 0 radical (unpaired) electrons. The van der Waals surface area contributed by atoms with Crippen LogP contribution < -0.4 is 19.5 Å². The van der Waals surface area contributed by atoms with Gasteiger partial charge in [-0.25, -0.2) is 9.97 Å². The number of hydrogen-bond donors (Lipinski definition) is 1. The molecule has 0 aliphatic carbocycles. The van der Waals surface area contributed by atoms with Gasteiger partial charge in [0.1, 0.15) is 5.75 Å². The quantitative estimate of drug-likeness (QED) is 0.423. The smallest absolute Gasteiger partial charge is 0.262 e. The maximum Gasteiger partial charge on any atom is 0.262 e. The van der Waals surface area contributed by atoms with Gasteiger partial charge in [-0.15, -0.1) is 0 Å². The van der Waals surface area contributed by atoms with Gasteiger partial charge in [0.2, 0.25) is 0 Å². The average molecular weight is 412 g/mol. The SMILES string of the molecule is COc1ccccc1NC(=O)COc1cc(CSc2ncccn2)ncc1OC. The monoisotopic (exact) mass is 412 g/mol. The van der Waals surface area contributed by atoms with Crippen LogP contribution >= 0.6 is 11.8 Å². The van der Waals surface area contributed by atoms with Crippen molar-refractivity contribution in [3.8, 4) is 17.2 Å². The van der Waals surface area contributed by atoms with Crippen LogP contribution in [0.1, 0.15) is 5.69 Å². The molecular weight excluding hydrogens is 392 g/mol. The molecule has 0 aliphatic rings. The third kappa shape index (κ3) is 5.82. The van der Waals surface area contributed by atoms with Gasteiger partial charge in [-0.1, -0.05) is 23.9 Å². The summed E-state index contributed by atoms with van der Waals surface area (Å²) in [6.07, 6.45) is 4.94. The third-order valence-electron chi connectivity index (χ3n) is 3.74. The highest BCUT2D eigenvalue weighted by atomic mass is 32.2. The molecule has 0 spiro atoms. The predicted octanol–water partition coefficient (Wildman–Crippen LogP) is 3.20. The molecule has 2 aromatic heterocycles. The second-order valence-corrected chi connectivity index (χ2v) is 6.63. The van der Waals surface area contributed by atoms with E-state index in [4.69, 9.17) is 14.2 Å². The zero-order chi connectivity index (χ0) is 20.5. The molecule has 0 aliphatic heterocycles. The minimum absolute atomic E-state index is 0.188.